The first kappa shape index (κ1) is 20.0. The lowest BCUT2D eigenvalue weighted by atomic mass is 10.1. The van der Waals surface area contributed by atoms with Crippen molar-refractivity contribution >= 4 is 11.9 Å². The molecule has 5 heteroatoms. The molecule has 0 saturated heterocycles. The SMILES string of the molecule is CCOC(=O)CCN(C(=O)Cc1ccc(OCC)cc1)C(C)CC. The lowest BCUT2D eigenvalue weighted by Gasteiger charge is -2.28. The molecule has 1 aromatic carbocycles. The minimum Gasteiger partial charge on any atom is -0.494 e. The van der Waals surface area contributed by atoms with Gasteiger partial charge in [-0.15, -0.1) is 0 Å². The highest BCUT2D eigenvalue weighted by molar-refractivity contribution is 5.80. The second kappa shape index (κ2) is 10.7. The highest BCUT2D eigenvalue weighted by Crippen LogP contribution is 2.14. The zero-order chi connectivity index (χ0) is 17.9. The van der Waals surface area contributed by atoms with E-state index in [0.717, 1.165) is 17.7 Å². The molecular weight excluding hydrogens is 306 g/mol. The predicted molar refractivity (Wildman–Crippen MR) is 94.0 cm³/mol. The fourth-order valence-electron chi connectivity index (χ4n) is 2.40. The van der Waals surface area contributed by atoms with Crippen molar-refractivity contribution in [3.8, 4) is 5.75 Å². The Morgan fingerprint density at radius 3 is 2.29 bits per heavy atom. The molecule has 24 heavy (non-hydrogen) atoms. The van der Waals surface area contributed by atoms with Gasteiger partial charge in [0.1, 0.15) is 5.75 Å². The van der Waals surface area contributed by atoms with Crippen molar-refractivity contribution in [1.82, 2.24) is 4.90 Å². The van der Waals surface area contributed by atoms with E-state index in [1.54, 1.807) is 11.8 Å². The maximum absolute atomic E-state index is 12.6. The molecule has 0 aliphatic heterocycles. The largest absolute Gasteiger partial charge is 0.494 e. The predicted octanol–water partition coefficient (Wildman–Crippen LogP) is 3.21. The number of hydrogen-bond acceptors (Lipinski definition) is 4. The van der Waals surface area contributed by atoms with E-state index in [1.807, 2.05) is 45.0 Å². The van der Waals surface area contributed by atoms with Crippen LogP contribution in [-0.4, -0.2) is 42.6 Å². The zero-order valence-electron chi connectivity index (χ0n) is 15.2. The van der Waals surface area contributed by atoms with Gasteiger partial charge in [0, 0.05) is 12.6 Å². The van der Waals surface area contributed by atoms with Crippen LogP contribution in [0.2, 0.25) is 0 Å². The Labute approximate surface area is 144 Å². The summed E-state index contributed by atoms with van der Waals surface area (Å²) in [6.45, 7) is 9.12. The quantitative estimate of drug-likeness (QED) is 0.616. The Kier molecular flexibility index (Phi) is 8.90. The molecule has 0 heterocycles. The van der Waals surface area contributed by atoms with Gasteiger partial charge in [-0.1, -0.05) is 19.1 Å². The summed E-state index contributed by atoms with van der Waals surface area (Å²) in [5.74, 6) is 0.562. The van der Waals surface area contributed by atoms with Crippen LogP contribution in [0, 0.1) is 0 Å². The van der Waals surface area contributed by atoms with Gasteiger partial charge in [0.05, 0.1) is 26.1 Å². The van der Waals surface area contributed by atoms with Gasteiger partial charge in [-0.25, -0.2) is 0 Å². The normalized spacial score (nSPS) is 11.7. The Morgan fingerprint density at radius 2 is 1.75 bits per heavy atom. The van der Waals surface area contributed by atoms with Crippen LogP contribution in [0.1, 0.15) is 46.1 Å². The van der Waals surface area contributed by atoms with E-state index in [0.29, 0.717) is 26.2 Å². The molecule has 0 aliphatic carbocycles. The van der Waals surface area contributed by atoms with Crippen LogP contribution < -0.4 is 4.74 Å². The molecule has 0 saturated carbocycles. The zero-order valence-corrected chi connectivity index (χ0v) is 15.2. The van der Waals surface area contributed by atoms with Crippen molar-refractivity contribution in [3.63, 3.8) is 0 Å². The standard InChI is InChI=1S/C19H29NO4/c1-5-15(4)20(13-12-19(22)24-7-3)18(21)14-16-8-10-17(11-9-16)23-6-2/h8-11,15H,5-7,12-14H2,1-4H3. The van der Waals surface area contributed by atoms with Gasteiger partial charge in [0.2, 0.25) is 5.91 Å². The molecule has 1 unspecified atom stereocenters. The first-order valence-electron chi connectivity index (χ1n) is 8.68. The molecular formula is C19H29NO4. The molecule has 5 nitrogen and oxygen atoms in total. The number of amides is 1. The number of esters is 1. The van der Waals surface area contributed by atoms with Crippen LogP contribution in [-0.2, 0) is 20.7 Å². The van der Waals surface area contributed by atoms with Crippen molar-refractivity contribution in [1.29, 1.82) is 0 Å². The molecule has 1 atom stereocenters. The second-order valence-electron chi connectivity index (χ2n) is 5.65. The Morgan fingerprint density at radius 1 is 1.08 bits per heavy atom. The number of hydrogen-bond donors (Lipinski definition) is 0. The minimum atomic E-state index is -0.264. The van der Waals surface area contributed by atoms with Crippen LogP contribution in [0.15, 0.2) is 24.3 Å². The summed E-state index contributed by atoms with van der Waals surface area (Å²) in [6.07, 6.45) is 1.39. The lowest BCUT2D eigenvalue weighted by molar-refractivity contribution is -0.144. The van der Waals surface area contributed by atoms with Crippen LogP contribution in [0.25, 0.3) is 0 Å². The Hall–Kier alpha value is -2.04. The summed E-state index contributed by atoms with van der Waals surface area (Å²) in [7, 11) is 0. The third-order valence-corrected chi connectivity index (χ3v) is 3.90. The molecule has 134 valence electrons. The first-order valence-corrected chi connectivity index (χ1v) is 8.68. The molecule has 0 fully saturated rings. The van der Waals surface area contributed by atoms with Crippen LogP contribution in [0.5, 0.6) is 5.75 Å². The smallest absolute Gasteiger partial charge is 0.307 e. The highest BCUT2D eigenvalue weighted by Gasteiger charge is 2.20. The lowest BCUT2D eigenvalue weighted by Crippen LogP contribution is -2.40. The third-order valence-electron chi connectivity index (χ3n) is 3.90. The van der Waals surface area contributed by atoms with Gasteiger partial charge < -0.3 is 14.4 Å². The molecule has 0 bridgehead atoms. The summed E-state index contributed by atoms with van der Waals surface area (Å²) in [4.78, 5) is 26.0. The summed E-state index contributed by atoms with van der Waals surface area (Å²) in [5.41, 5.74) is 0.938. The number of nitrogens with zero attached hydrogens (tertiary/aromatic N) is 1. The summed E-state index contributed by atoms with van der Waals surface area (Å²) in [5, 5.41) is 0. The van der Waals surface area contributed by atoms with Gasteiger partial charge in [-0.05, 0) is 44.9 Å². The number of carbonyl (C=O) groups is 2. The van der Waals surface area contributed by atoms with E-state index in [-0.39, 0.29) is 24.3 Å². The van der Waals surface area contributed by atoms with Crippen molar-refractivity contribution in [2.45, 2.75) is 53.0 Å². The van der Waals surface area contributed by atoms with Crippen molar-refractivity contribution < 1.29 is 19.1 Å². The number of rotatable bonds is 10. The van der Waals surface area contributed by atoms with E-state index in [2.05, 4.69) is 0 Å². The fourth-order valence-corrected chi connectivity index (χ4v) is 2.40. The monoisotopic (exact) mass is 335 g/mol. The maximum atomic E-state index is 12.6. The van der Waals surface area contributed by atoms with Crippen molar-refractivity contribution in [3.05, 3.63) is 29.8 Å². The Balaban J connectivity index is 2.67. The van der Waals surface area contributed by atoms with Gasteiger partial charge in [0.15, 0.2) is 0 Å². The van der Waals surface area contributed by atoms with E-state index < -0.39 is 0 Å². The fraction of sp³-hybridized carbons (Fsp3) is 0.579. The van der Waals surface area contributed by atoms with Gasteiger partial charge in [0.25, 0.3) is 0 Å². The van der Waals surface area contributed by atoms with E-state index >= 15 is 0 Å². The van der Waals surface area contributed by atoms with Crippen LogP contribution in [0.3, 0.4) is 0 Å². The molecule has 1 rings (SSSR count). The van der Waals surface area contributed by atoms with E-state index in [9.17, 15) is 9.59 Å². The molecule has 1 aromatic rings. The average molecular weight is 335 g/mol. The molecule has 0 spiro atoms. The summed E-state index contributed by atoms with van der Waals surface area (Å²) in [6, 6.07) is 7.65. The Bertz CT molecular complexity index is 513. The second-order valence-corrected chi connectivity index (χ2v) is 5.65. The molecule has 0 N–H and O–H groups in total. The van der Waals surface area contributed by atoms with Crippen molar-refractivity contribution in [2.75, 3.05) is 19.8 Å². The number of ether oxygens (including phenoxy) is 2. The summed E-state index contributed by atoms with van der Waals surface area (Å²) < 4.78 is 10.4. The molecule has 1 amide bonds. The first-order chi connectivity index (χ1) is 11.5. The number of carbonyl (C=O) groups excluding carboxylic acids is 2. The van der Waals surface area contributed by atoms with Crippen LogP contribution >= 0.6 is 0 Å². The van der Waals surface area contributed by atoms with Gasteiger partial charge in [-0.3, -0.25) is 9.59 Å². The topological polar surface area (TPSA) is 55.8 Å². The van der Waals surface area contributed by atoms with Gasteiger partial charge in [-0.2, -0.15) is 0 Å². The minimum absolute atomic E-state index is 0.0257. The highest BCUT2D eigenvalue weighted by atomic mass is 16.5. The van der Waals surface area contributed by atoms with E-state index in [4.69, 9.17) is 9.47 Å². The van der Waals surface area contributed by atoms with E-state index in [1.165, 1.54) is 0 Å². The maximum Gasteiger partial charge on any atom is 0.307 e. The third kappa shape index (κ3) is 6.60. The van der Waals surface area contributed by atoms with Crippen molar-refractivity contribution in [2.24, 2.45) is 0 Å². The average Bonchev–Trinajstić information content (AvgIpc) is 2.57. The molecule has 0 aromatic heterocycles. The molecule has 0 aliphatic rings. The summed E-state index contributed by atoms with van der Waals surface area (Å²) >= 11 is 0. The number of benzene rings is 1. The molecule has 0 radical (unpaired) electrons. The van der Waals surface area contributed by atoms with Crippen LogP contribution in [0.4, 0.5) is 0 Å². The van der Waals surface area contributed by atoms with Gasteiger partial charge >= 0.3 is 5.97 Å².